The van der Waals surface area contributed by atoms with Crippen molar-refractivity contribution in [3.63, 3.8) is 0 Å². The Kier molecular flexibility index (Phi) is 4.34. The number of urea groups is 1. The van der Waals surface area contributed by atoms with Gasteiger partial charge in [-0.2, -0.15) is 0 Å². The number of nitrogens with zero attached hydrogens (tertiary/aromatic N) is 2. The molecule has 0 atom stereocenters. The average molecular weight is 336 g/mol. The number of nitrogens with one attached hydrogen (secondary N) is 2. The summed E-state index contributed by atoms with van der Waals surface area (Å²) >= 11 is 1.39. The van der Waals surface area contributed by atoms with Crippen LogP contribution in [0.3, 0.4) is 0 Å². The molecule has 8 heteroatoms. The van der Waals surface area contributed by atoms with Crippen molar-refractivity contribution < 1.29 is 14.4 Å². The van der Waals surface area contributed by atoms with Crippen LogP contribution in [0.4, 0.5) is 9.93 Å². The molecule has 7 nitrogen and oxygen atoms in total. The summed E-state index contributed by atoms with van der Waals surface area (Å²) in [5.41, 5.74) is -0.724. The number of carbonyl (C=O) groups excluding carboxylic acids is 3. The summed E-state index contributed by atoms with van der Waals surface area (Å²) in [6.45, 7) is 2.01. The molecule has 0 aromatic carbocycles. The second-order valence-electron chi connectivity index (χ2n) is 6.10. The van der Waals surface area contributed by atoms with Crippen LogP contribution in [0.15, 0.2) is 6.20 Å². The van der Waals surface area contributed by atoms with Gasteiger partial charge in [-0.3, -0.25) is 14.5 Å². The van der Waals surface area contributed by atoms with Crippen LogP contribution < -0.4 is 10.6 Å². The van der Waals surface area contributed by atoms with E-state index < -0.39 is 5.54 Å². The molecular weight excluding hydrogens is 316 g/mol. The van der Waals surface area contributed by atoms with Gasteiger partial charge in [0.1, 0.15) is 5.54 Å². The Morgan fingerprint density at radius 3 is 2.78 bits per heavy atom. The van der Waals surface area contributed by atoms with Gasteiger partial charge in [0.05, 0.1) is 0 Å². The van der Waals surface area contributed by atoms with Crippen LogP contribution in [0, 0.1) is 6.92 Å². The van der Waals surface area contributed by atoms with Crippen molar-refractivity contribution >= 4 is 34.3 Å². The van der Waals surface area contributed by atoms with Crippen molar-refractivity contribution in [3.8, 4) is 0 Å². The number of thiazole rings is 1. The highest BCUT2D eigenvalue weighted by Gasteiger charge is 2.50. The highest BCUT2D eigenvalue weighted by Crippen LogP contribution is 2.33. The summed E-state index contributed by atoms with van der Waals surface area (Å²) in [6, 6.07) is -0.380. The van der Waals surface area contributed by atoms with Crippen molar-refractivity contribution in [2.45, 2.75) is 51.0 Å². The van der Waals surface area contributed by atoms with Crippen LogP contribution >= 0.6 is 11.3 Å². The lowest BCUT2D eigenvalue weighted by Crippen LogP contribution is -2.48. The largest absolute Gasteiger partial charge is 0.325 e. The maximum Gasteiger partial charge on any atom is 0.325 e. The van der Waals surface area contributed by atoms with E-state index in [4.69, 9.17) is 0 Å². The van der Waals surface area contributed by atoms with E-state index in [2.05, 4.69) is 15.6 Å². The maximum absolute atomic E-state index is 12.6. The van der Waals surface area contributed by atoms with Crippen molar-refractivity contribution in [1.82, 2.24) is 15.2 Å². The Hall–Kier alpha value is -1.96. The molecule has 3 rings (SSSR count). The first kappa shape index (κ1) is 15.9. The van der Waals surface area contributed by atoms with Gasteiger partial charge in [0.25, 0.3) is 5.91 Å². The van der Waals surface area contributed by atoms with Gasteiger partial charge in [-0.25, -0.2) is 9.78 Å². The predicted molar refractivity (Wildman–Crippen MR) is 86.2 cm³/mol. The van der Waals surface area contributed by atoms with Gasteiger partial charge in [-0.1, -0.05) is 19.3 Å². The van der Waals surface area contributed by atoms with E-state index in [0.717, 1.165) is 24.1 Å². The molecule has 2 aliphatic rings. The Balaban J connectivity index is 1.56. The van der Waals surface area contributed by atoms with E-state index in [0.29, 0.717) is 18.0 Å². The summed E-state index contributed by atoms with van der Waals surface area (Å²) < 4.78 is 0. The molecule has 1 aromatic rings. The van der Waals surface area contributed by atoms with Gasteiger partial charge in [-0.15, -0.1) is 11.3 Å². The van der Waals surface area contributed by atoms with Gasteiger partial charge in [0.15, 0.2) is 5.13 Å². The summed E-state index contributed by atoms with van der Waals surface area (Å²) in [7, 11) is 0. The number of amides is 4. The molecule has 23 heavy (non-hydrogen) atoms. The molecule has 1 spiro atoms. The summed E-state index contributed by atoms with van der Waals surface area (Å²) in [6.07, 6.45) is 6.14. The van der Waals surface area contributed by atoms with Crippen LogP contribution in [0.5, 0.6) is 0 Å². The van der Waals surface area contributed by atoms with E-state index in [1.165, 1.54) is 16.2 Å². The molecule has 124 valence electrons. The van der Waals surface area contributed by atoms with Crippen molar-refractivity contribution in [1.29, 1.82) is 0 Å². The second-order valence-corrected chi connectivity index (χ2v) is 7.34. The maximum atomic E-state index is 12.6. The molecule has 2 N–H and O–H groups in total. The van der Waals surface area contributed by atoms with E-state index in [-0.39, 0.29) is 30.8 Å². The Morgan fingerprint density at radius 2 is 2.13 bits per heavy atom. The minimum Gasteiger partial charge on any atom is -0.323 e. The van der Waals surface area contributed by atoms with Crippen molar-refractivity contribution in [3.05, 3.63) is 11.1 Å². The van der Waals surface area contributed by atoms with Crippen molar-refractivity contribution in [2.24, 2.45) is 0 Å². The highest BCUT2D eigenvalue weighted by molar-refractivity contribution is 7.15. The summed E-state index contributed by atoms with van der Waals surface area (Å²) in [5, 5.41) is 6.06. The molecule has 2 heterocycles. The standard InChI is InChI=1S/C15H20N4O3S/c1-10-9-16-13(23-10)17-11(20)5-8-19-12(21)15(18-14(19)22)6-3-2-4-7-15/h9H,2-8H2,1H3,(H,18,22)(H,16,17,20). The highest BCUT2D eigenvalue weighted by atomic mass is 32.1. The fourth-order valence-electron chi connectivity index (χ4n) is 3.18. The molecule has 0 unspecified atom stereocenters. The Bertz CT molecular complexity index is 636. The lowest BCUT2D eigenvalue weighted by Gasteiger charge is -2.30. The van der Waals surface area contributed by atoms with E-state index >= 15 is 0 Å². The minimum atomic E-state index is -0.724. The molecule has 2 fully saturated rings. The lowest BCUT2D eigenvalue weighted by atomic mass is 9.82. The van der Waals surface area contributed by atoms with Crippen molar-refractivity contribution in [2.75, 3.05) is 11.9 Å². The zero-order valence-electron chi connectivity index (χ0n) is 13.1. The molecule has 1 aliphatic carbocycles. The topological polar surface area (TPSA) is 91.4 Å². The molecule has 1 saturated heterocycles. The van der Waals surface area contributed by atoms with E-state index in [1.54, 1.807) is 6.20 Å². The second kappa shape index (κ2) is 6.27. The fraction of sp³-hybridized carbons (Fsp3) is 0.600. The average Bonchev–Trinajstić information content (AvgIpc) is 3.01. The number of carbonyl (C=O) groups is 3. The molecule has 1 aliphatic heterocycles. The molecule has 0 bridgehead atoms. The third-order valence-electron chi connectivity index (χ3n) is 4.38. The van der Waals surface area contributed by atoms with Gasteiger partial charge in [-0.05, 0) is 19.8 Å². The summed E-state index contributed by atoms with van der Waals surface area (Å²) in [5.74, 6) is -0.426. The Morgan fingerprint density at radius 1 is 1.39 bits per heavy atom. The zero-order valence-corrected chi connectivity index (χ0v) is 13.9. The van der Waals surface area contributed by atoms with Crippen LogP contribution in [0.1, 0.15) is 43.4 Å². The number of hydrogen-bond acceptors (Lipinski definition) is 5. The first-order valence-electron chi connectivity index (χ1n) is 7.87. The first-order chi connectivity index (χ1) is 11.0. The van der Waals surface area contributed by atoms with Gasteiger partial charge >= 0.3 is 6.03 Å². The molecule has 1 aromatic heterocycles. The SMILES string of the molecule is Cc1cnc(NC(=O)CCN2C(=O)NC3(CCCCC3)C2=O)s1. The summed E-state index contributed by atoms with van der Waals surface area (Å²) in [4.78, 5) is 42.8. The lowest BCUT2D eigenvalue weighted by molar-refractivity contribution is -0.132. The quantitative estimate of drug-likeness (QED) is 0.823. The van der Waals surface area contributed by atoms with Gasteiger partial charge in [0.2, 0.25) is 5.91 Å². The third kappa shape index (κ3) is 3.21. The number of rotatable bonds is 4. The number of imide groups is 1. The molecule has 4 amide bonds. The fourth-order valence-corrected chi connectivity index (χ4v) is 3.86. The monoisotopic (exact) mass is 336 g/mol. The van der Waals surface area contributed by atoms with Crippen LogP contribution in [0.25, 0.3) is 0 Å². The smallest absolute Gasteiger partial charge is 0.323 e. The first-order valence-corrected chi connectivity index (χ1v) is 8.68. The third-order valence-corrected chi connectivity index (χ3v) is 5.21. The molecule has 1 saturated carbocycles. The van der Waals surface area contributed by atoms with Gasteiger partial charge in [0, 0.05) is 24.0 Å². The minimum absolute atomic E-state index is 0.0772. The van der Waals surface area contributed by atoms with E-state index in [1.807, 2.05) is 6.92 Å². The van der Waals surface area contributed by atoms with Crippen LogP contribution in [0.2, 0.25) is 0 Å². The van der Waals surface area contributed by atoms with Gasteiger partial charge < -0.3 is 10.6 Å². The number of hydrogen-bond donors (Lipinski definition) is 2. The predicted octanol–water partition coefficient (Wildman–Crippen LogP) is 2.03. The van der Waals surface area contributed by atoms with Crippen LogP contribution in [-0.2, 0) is 9.59 Å². The number of aryl methyl sites for hydroxylation is 1. The Labute approximate surface area is 138 Å². The number of anilines is 1. The molecule has 0 radical (unpaired) electrons. The normalized spacial score (nSPS) is 20.0. The van der Waals surface area contributed by atoms with E-state index in [9.17, 15) is 14.4 Å². The molecular formula is C15H20N4O3S. The number of aromatic nitrogens is 1. The zero-order chi connectivity index (χ0) is 16.4. The van der Waals surface area contributed by atoms with Crippen LogP contribution in [-0.4, -0.2) is 39.8 Å².